The maximum atomic E-state index is 6.85. The van der Waals surface area contributed by atoms with E-state index in [0.29, 0.717) is 5.84 Å². The third-order valence-electron chi connectivity index (χ3n) is 11.1. The number of hydrogen-bond acceptors (Lipinski definition) is 2. The summed E-state index contributed by atoms with van der Waals surface area (Å²) in [5.74, 6) is 0.585. The van der Waals surface area contributed by atoms with Crippen molar-refractivity contribution in [1.29, 1.82) is 0 Å². The van der Waals surface area contributed by atoms with Crippen LogP contribution in [0.1, 0.15) is 29.7 Å². The molecule has 0 radical (unpaired) electrons. The molecule has 0 aliphatic carbocycles. The van der Waals surface area contributed by atoms with E-state index in [1.165, 1.54) is 32.3 Å². The highest BCUT2D eigenvalue weighted by atomic mass is 16.3. The van der Waals surface area contributed by atoms with Crippen molar-refractivity contribution < 1.29 is 4.42 Å². The summed E-state index contributed by atoms with van der Waals surface area (Å²) in [6.45, 7) is 6.33. The van der Waals surface area contributed by atoms with E-state index in [0.717, 1.165) is 66.6 Å². The first-order valence-corrected chi connectivity index (χ1v) is 19.4. The van der Waals surface area contributed by atoms with Crippen molar-refractivity contribution in [3.63, 3.8) is 0 Å². The van der Waals surface area contributed by atoms with Gasteiger partial charge in [-0.2, -0.15) is 0 Å². The van der Waals surface area contributed by atoms with Crippen LogP contribution in [-0.2, 0) is 0 Å². The summed E-state index contributed by atoms with van der Waals surface area (Å²) in [5.41, 5.74) is 9.77. The van der Waals surface area contributed by atoms with E-state index in [4.69, 9.17) is 14.4 Å². The summed E-state index contributed by atoms with van der Waals surface area (Å²) in [6, 6.07) is 65.8. The van der Waals surface area contributed by atoms with Crippen molar-refractivity contribution in [2.24, 2.45) is 9.98 Å². The van der Waals surface area contributed by atoms with Crippen LogP contribution in [0.15, 0.2) is 215 Å². The Bertz CT molecular complexity index is 3170. The quantitative estimate of drug-likeness (QED) is 0.0696. The molecule has 0 aliphatic heterocycles. The molecule has 3 heteroatoms. The summed E-state index contributed by atoms with van der Waals surface area (Å²) < 4.78 is 6.85. The summed E-state index contributed by atoms with van der Waals surface area (Å²) >= 11 is 0. The van der Waals surface area contributed by atoms with Gasteiger partial charge in [-0.25, -0.2) is 4.99 Å². The number of benzene rings is 9. The van der Waals surface area contributed by atoms with Gasteiger partial charge in [0.1, 0.15) is 11.2 Å². The lowest BCUT2D eigenvalue weighted by Crippen LogP contribution is -2.06. The smallest absolute Gasteiger partial charge is 0.159 e. The molecule has 0 fully saturated rings. The average Bonchev–Trinajstić information content (AvgIpc) is 3.68. The highest BCUT2D eigenvalue weighted by molar-refractivity contribution is 6.26. The average molecular weight is 731 g/mol. The predicted molar refractivity (Wildman–Crippen MR) is 242 cm³/mol. The maximum absolute atomic E-state index is 6.85. The number of para-hydroxylation sites is 2. The number of rotatable bonds is 7. The van der Waals surface area contributed by atoms with E-state index in [1.807, 2.05) is 37.3 Å². The number of amidine groups is 1. The molecule has 1 heterocycles. The third-order valence-corrected chi connectivity index (χ3v) is 11.1. The van der Waals surface area contributed by atoms with E-state index < -0.39 is 0 Å². The molecule has 0 amide bonds. The van der Waals surface area contributed by atoms with Crippen molar-refractivity contribution in [3.05, 3.63) is 217 Å². The van der Waals surface area contributed by atoms with Crippen LogP contribution in [0.5, 0.6) is 0 Å². The van der Waals surface area contributed by atoms with Crippen molar-refractivity contribution in [2.75, 3.05) is 0 Å². The number of nitrogens with zero attached hydrogens (tertiary/aromatic N) is 2. The van der Waals surface area contributed by atoms with Gasteiger partial charge in [-0.05, 0) is 85.3 Å². The van der Waals surface area contributed by atoms with Crippen molar-refractivity contribution in [2.45, 2.75) is 13.0 Å². The molecular formula is C54H38N2O. The second-order valence-corrected chi connectivity index (χ2v) is 14.5. The molecule has 0 saturated carbocycles. The normalized spacial score (nSPS) is 12.9. The first kappa shape index (κ1) is 34.2. The van der Waals surface area contributed by atoms with Crippen LogP contribution in [0.4, 0.5) is 0 Å². The maximum Gasteiger partial charge on any atom is 0.159 e. The second-order valence-electron chi connectivity index (χ2n) is 14.5. The molecule has 0 saturated heterocycles. The minimum absolute atomic E-state index is 0.378. The van der Waals surface area contributed by atoms with E-state index in [-0.39, 0.29) is 6.04 Å². The van der Waals surface area contributed by atoms with E-state index in [1.54, 1.807) is 0 Å². The number of aliphatic imine (C=N–C) groups is 2. The minimum Gasteiger partial charge on any atom is -0.455 e. The summed E-state index contributed by atoms with van der Waals surface area (Å²) in [4.78, 5) is 10.7. The molecule has 3 nitrogen and oxygen atoms in total. The topological polar surface area (TPSA) is 37.9 Å². The van der Waals surface area contributed by atoms with Gasteiger partial charge in [0.05, 0.1) is 11.6 Å². The first-order valence-electron chi connectivity index (χ1n) is 19.4. The molecule has 0 bridgehead atoms. The monoisotopic (exact) mass is 730 g/mol. The molecule has 1 aromatic heterocycles. The van der Waals surface area contributed by atoms with E-state index in [9.17, 15) is 0 Å². The Hall–Kier alpha value is -7.36. The standard InChI is InChI=1S/C54H38N2O/c1-3-51(40-22-14-21-38(33-40)39-31-32-46-44-25-11-10-23-42(44)43-24-12-13-26-45(43)50(46)34-39)56-54(55-35(2)36-17-6-4-7-18-36)49-30-16-29-48-47-28-15-27-41(52(47)57-53(48)49)37-19-8-5-9-20-37/h3-34,51H,1H2,2H3/b55-35+,56-54-. The number of fused-ring (bicyclic) bond motifs is 9. The Labute approximate surface area is 331 Å². The Kier molecular flexibility index (Phi) is 8.61. The third kappa shape index (κ3) is 6.11. The van der Waals surface area contributed by atoms with Crippen molar-refractivity contribution in [3.8, 4) is 22.3 Å². The lowest BCUT2D eigenvalue weighted by Gasteiger charge is -2.14. The fourth-order valence-corrected chi connectivity index (χ4v) is 8.29. The van der Waals surface area contributed by atoms with Crippen LogP contribution in [0, 0.1) is 0 Å². The number of hydrogen-bond donors (Lipinski definition) is 0. The largest absolute Gasteiger partial charge is 0.455 e. The van der Waals surface area contributed by atoms with Crippen LogP contribution >= 0.6 is 0 Å². The molecule has 10 rings (SSSR count). The fraction of sp³-hybridized carbons (Fsp3) is 0.0370. The van der Waals surface area contributed by atoms with E-state index >= 15 is 0 Å². The highest BCUT2D eigenvalue weighted by Crippen LogP contribution is 2.39. The lowest BCUT2D eigenvalue weighted by atomic mass is 9.91. The van der Waals surface area contributed by atoms with Gasteiger partial charge in [-0.15, -0.1) is 6.58 Å². The zero-order valence-electron chi connectivity index (χ0n) is 31.6. The Morgan fingerprint density at radius 2 is 1.04 bits per heavy atom. The van der Waals surface area contributed by atoms with Gasteiger partial charge in [0.2, 0.25) is 0 Å². The van der Waals surface area contributed by atoms with Gasteiger partial charge in [-0.3, -0.25) is 4.99 Å². The van der Waals surface area contributed by atoms with Crippen LogP contribution < -0.4 is 0 Å². The van der Waals surface area contributed by atoms with Gasteiger partial charge in [0.25, 0.3) is 0 Å². The molecule has 9 aromatic carbocycles. The molecule has 0 spiro atoms. The summed E-state index contributed by atoms with van der Waals surface area (Å²) in [7, 11) is 0. The zero-order valence-corrected chi connectivity index (χ0v) is 31.6. The number of furan rings is 1. The lowest BCUT2D eigenvalue weighted by molar-refractivity contribution is 0.669. The minimum atomic E-state index is -0.378. The SMILES string of the molecule is C=CC(/N=C(\N=C(/C)c1ccccc1)c1cccc2c1oc1c(-c3ccccc3)cccc12)c1cccc(-c2ccc3c4ccccc4c4ccccc4c3c2)c1. The molecule has 57 heavy (non-hydrogen) atoms. The van der Waals surface area contributed by atoms with Gasteiger partial charge in [0, 0.05) is 22.0 Å². The molecule has 1 unspecified atom stereocenters. The van der Waals surface area contributed by atoms with Crippen LogP contribution in [0.25, 0.3) is 76.5 Å². The Balaban J connectivity index is 1.12. The van der Waals surface area contributed by atoms with Crippen molar-refractivity contribution >= 4 is 65.8 Å². The Morgan fingerprint density at radius 3 is 1.74 bits per heavy atom. The van der Waals surface area contributed by atoms with Gasteiger partial charge in [-0.1, -0.05) is 176 Å². The van der Waals surface area contributed by atoms with Gasteiger partial charge >= 0.3 is 0 Å². The van der Waals surface area contributed by atoms with Gasteiger partial charge in [0.15, 0.2) is 5.84 Å². The first-order chi connectivity index (χ1) is 28.1. The molecule has 0 aliphatic rings. The summed E-state index contributed by atoms with van der Waals surface area (Å²) in [5, 5.41) is 9.64. The van der Waals surface area contributed by atoms with E-state index in [2.05, 4.69) is 170 Å². The molecule has 10 aromatic rings. The van der Waals surface area contributed by atoms with Crippen LogP contribution in [0.2, 0.25) is 0 Å². The molecular weight excluding hydrogens is 693 g/mol. The van der Waals surface area contributed by atoms with Gasteiger partial charge < -0.3 is 4.42 Å². The summed E-state index contributed by atoms with van der Waals surface area (Å²) in [6.07, 6.45) is 1.90. The molecule has 270 valence electrons. The van der Waals surface area contributed by atoms with Crippen LogP contribution in [-0.4, -0.2) is 11.5 Å². The Morgan fingerprint density at radius 1 is 0.491 bits per heavy atom. The van der Waals surface area contributed by atoms with Crippen molar-refractivity contribution in [1.82, 2.24) is 0 Å². The van der Waals surface area contributed by atoms with Crippen LogP contribution in [0.3, 0.4) is 0 Å². The predicted octanol–water partition coefficient (Wildman–Crippen LogP) is 14.6. The highest BCUT2D eigenvalue weighted by Gasteiger charge is 2.19. The zero-order chi connectivity index (χ0) is 38.3. The second kappa shape index (κ2) is 14.4. The fourth-order valence-electron chi connectivity index (χ4n) is 8.29. The molecule has 1 atom stereocenters. The molecule has 0 N–H and O–H groups in total.